The lowest BCUT2D eigenvalue weighted by atomic mass is 9.94. The lowest BCUT2D eigenvalue weighted by Crippen LogP contribution is -2.46. The van der Waals surface area contributed by atoms with Crippen molar-refractivity contribution in [2.75, 3.05) is 19.6 Å². The second-order valence-electron chi connectivity index (χ2n) is 6.10. The van der Waals surface area contributed by atoms with E-state index in [0.717, 1.165) is 25.7 Å². The summed E-state index contributed by atoms with van der Waals surface area (Å²) in [5.74, 6) is 0. The van der Waals surface area contributed by atoms with Crippen molar-refractivity contribution in [2.24, 2.45) is 11.1 Å². The molecular weight excluding hydrogens is 248 g/mol. The van der Waals surface area contributed by atoms with Gasteiger partial charge in [0.05, 0.1) is 5.25 Å². The van der Waals surface area contributed by atoms with Crippen molar-refractivity contribution in [3.63, 3.8) is 0 Å². The van der Waals surface area contributed by atoms with Crippen molar-refractivity contribution >= 4 is 10.0 Å². The molecule has 0 amide bonds. The van der Waals surface area contributed by atoms with Crippen LogP contribution in [0.15, 0.2) is 0 Å². The predicted octanol–water partition coefficient (Wildman–Crippen LogP) is 1.96. The molecule has 1 saturated carbocycles. The summed E-state index contributed by atoms with van der Waals surface area (Å²) in [4.78, 5) is 0. The first kappa shape index (κ1) is 15.9. The van der Waals surface area contributed by atoms with E-state index < -0.39 is 10.0 Å². The highest BCUT2D eigenvalue weighted by Crippen LogP contribution is 2.27. The molecule has 0 radical (unpaired) electrons. The molecule has 18 heavy (non-hydrogen) atoms. The van der Waals surface area contributed by atoms with Crippen LogP contribution >= 0.6 is 0 Å². The van der Waals surface area contributed by atoms with Gasteiger partial charge in [-0.3, -0.25) is 0 Å². The first-order valence-electron chi connectivity index (χ1n) is 7.02. The predicted molar refractivity (Wildman–Crippen MR) is 75.9 cm³/mol. The Morgan fingerprint density at radius 2 is 1.78 bits per heavy atom. The van der Waals surface area contributed by atoms with E-state index >= 15 is 0 Å². The molecule has 0 spiro atoms. The van der Waals surface area contributed by atoms with Crippen molar-refractivity contribution in [3.8, 4) is 0 Å². The maximum atomic E-state index is 12.6. The molecule has 0 aromatic carbocycles. The molecule has 4 nitrogen and oxygen atoms in total. The first-order valence-corrected chi connectivity index (χ1v) is 8.53. The monoisotopic (exact) mass is 276 g/mol. The van der Waals surface area contributed by atoms with Crippen LogP contribution in [0.25, 0.3) is 0 Å². The van der Waals surface area contributed by atoms with E-state index in [1.165, 1.54) is 6.42 Å². The fourth-order valence-electron chi connectivity index (χ4n) is 2.50. The minimum atomic E-state index is -3.14. The van der Waals surface area contributed by atoms with E-state index in [0.29, 0.717) is 19.6 Å². The molecule has 0 aliphatic heterocycles. The molecule has 0 unspecified atom stereocenters. The van der Waals surface area contributed by atoms with Crippen molar-refractivity contribution in [1.82, 2.24) is 4.31 Å². The normalized spacial score (nSPS) is 19.4. The highest BCUT2D eigenvalue weighted by Gasteiger charge is 2.34. The Morgan fingerprint density at radius 3 is 2.22 bits per heavy atom. The third-order valence-corrected chi connectivity index (χ3v) is 6.26. The SMILES string of the molecule is CCN(CC(C)(C)CN)S(=O)(=O)C1CCCCC1. The minimum Gasteiger partial charge on any atom is -0.330 e. The first-order chi connectivity index (χ1) is 8.33. The van der Waals surface area contributed by atoms with Crippen LogP contribution in [0.5, 0.6) is 0 Å². The number of hydrogen-bond donors (Lipinski definition) is 1. The molecule has 0 bridgehead atoms. The Labute approximate surface area is 112 Å². The summed E-state index contributed by atoms with van der Waals surface area (Å²) >= 11 is 0. The van der Waals surface area contributed by atoms with Gasteiger partial charge in [-0.25, -0.2) is 12.7 Å². The van der Waals surface area contributed by atoms with Gasteiger partial charge in [0, 0.05) is 13.1 Å². The number of nitrogens with two attached hydrogens (primary N) is 1. The molecule has 1 aliphatic rings. The molecule has 0 atom stereocenters. The molecular formula is C13H28N2O2S. The lowest BCUT2D eigenvalue weighted by molar-refractivity contribution is 0.268. The Morgan fingerprint density at radius 1 is 1.22 bits per heavy atom. The molecule has 108 valence electrons. The van der Waals surface area contributed by atoms with E-state index in [-0.39, 0.29) is 10.7 Å². The van der Waals surface area contributed by atoms with Crippen LogP contribution in [-0.4, -0.2) is 37.6 Å². The van der Waals surface area contributed by atoms with E-state index in [9.17, 15) is 8.42 Å². The molecule has 1 aliphatic carbocycles. The van der Waals surface area contributed by atoms with Gasteiger partial charge in [-0.2, -0.15) is 0 Å². The molecule has 0 aromatic heterocycles. The fraction of sp³-hybridized carbons (Fsp3) is 1.00. The second-order valence-corrected chi connectivity index (χ2v) is 8.31. The van der Waals surface area contributed by atoms with E-state index in [2.05, 4.69) is 0 Å². The third kappa shape index (κ3) is 3.93. The van der Waals surface area contributed by atoms with Crippen molar-refractivity contribution in [2.45, 2.75) is 58.1 Å². The highest BCUT2D eigenvalue weighted by atomic mass is 32.2. The van der Waals surface area contributed by atoms with Gasteiger partial charge in [-0.05, 0) is 24.8 Å². The van der Waals surface area contributed by atoms with Crippen LogP contribution in [-0.2, 0) is 10.0 Å². The third-order valence-electron chi connectivity index (χ3n) is 3.84. The Hall–Kier alpha value is -0.130. The smallest absolute Gasteiger partial charge is 0.216 e. The quantitative estimate of drug-likeness (QED) is 0.806. The topological polar surface area (TPSA) is 63.4 Å². The Bertz CT molecular complexity index is 346. The zero-order chi connectivity index (χ0) is 13.8. The zero-order valence-electron chi connectivity index (χ0n) is 12.0. The second kappa shape index (κ2) is 6.35. The van der Waals surface area contributed by atoms with Crippen LogP contribution in [0.1, 0.15) is 52.9 Å². The standard InChI is InChI=1S/C13H28N2O2S/c1-4-15(11-13(2,3)10-14)18(16,17)12-8-6-5-7-9-12/h12H,4-11,14H2,1-3H3. The fourth-order valence-corrected chi connectivity index (χ4v) is 4.74. The van der Waals surface area contributed by atoms with Gasteiger partial charge in [-0.15, -0.1) is 0 Å². The largest absolute Gasteiger partial charge is 0.330 e. The Kier molecular flexibility index (Phi) is 5.62. The number of rotatable bonds is 6. The van der Waals surface area contributed by atoms with Crippen LogP contribution in [0.3, 0.4) is 0 Å². The minimum absolute atomic E-state index is 0.155. The number of nitrogens with zero attached hydrogens (tertiary/aromatic N) is 1. The summed E-state index contributed by atoms with van der Waals surface area (Å²) in [7, 11) is -3.14. The molecule has 0 heterocycles. The van der Waals surface area contributed by atoms with Crippen LogP contribution in [0.4, 0.5) is 0 Å². The van der Waals surface area contributed by atoms with Gasteiger partial charge >= 0.3 is 0 Å². The van der Waals surface area contributed by atoms with Gasteiger partial charge in [0.25, 0.3) is 0 Å². The van der Waals surface area contributed by atoms with Crippen LogP contribution < -0.4 is 5.73 Å². The summed E-state index contributed by atoms with van der Waals surface area (Å²) in [6.45, 7) is 7.52. The summed E-state index contributed by atoms with van der Waals surface area (Å²) in [6.07, 6.45) is 4.90. The van der Waals surface area contributed by atoms with Crippen molar-refractivity contribution < 1.29 is 8.42 Å². The van der Waals surface area contributed by atoms with Crippen LogP contribution in [0.2, 0.25) is 0 Å². The van der Waals surface area contributed by atoms with Gasteiger partial charge in [0.2, 0.25) is 10.0 Å². The maximum Gasteiger partial charge on any atom is 0.216 e. The lowest BCUT2D eigenvalue weighted by Gasteiger charge is -2.34. The maximum absolute atomic E-state index is 12.6. The molecule has 0 aromatic rings. The van der Waals surface area contributed by atoms with Crippen LogP contribution in [0, 0.1) is 5.41 Å². The molecule has 5 heteroatoms. The summed E-state index contributed by atoms with van der Waals surface area (Å²) < 4.78 is 26.8. The summed E-state index contributed by atoms with van der Waals surface area (Å²) in [5.41, 5.74) is 5.55. The van der Waals surface area contributed by atoms with E-state index in [4.69, 9.17) is 5.73 Å². The highest BCUT2D eigenvalue weighted by molar-refractivity contribution is 7.89. The van der Waals surface area contributed by atoms with Crippen molar-refractivity contribution in [3.05, 3.63) is 0 Å². The van der Waals surface area contributed by atoms with Gasteiger partial charge in [-0.1, -0.05) is 40.0 Å². The number of hydrogen-bond acceptors (Lipinski definition) is 3. The average Bonchev–Trinajstić information content (AvgIpc) is 2.37. The summed E-state index contributed by atoms with van der Waals surface area (Å²) in [5, 5.41) is -0.167. The molecule has 0 saturated heterocycles. The van der Waals surface area contributed by atoms with Crippen molar-refractivity contribution in [1.29, 1.82) is 0 Å². The number of sulfonamides is 1. The van der Waals surface area contributed by atoms with Gasteiger partial charge < -0.3 is 5.73 Å². The zero-order valence-corrected chi connectivity index (χ0v) is 12.8. The summed E-state index contributed by atoms with van der Waals surface area (Å²) in [6, 6.07) is 0. The Balaban J connectivity index is 2.79. The van der Waals surface area contributed by atoms with E-state index in [1.807, 2.05) is 20.8 Å². The average molecular weight is 276 g/mol. The molecule has 1 rings (SSSR count). The molecule has 2 N–H and O–H groups in total. The van der Waals surface area contributed by atoms with Gasteiger partial charge in [0.1, 0.15) is 0 Å². The van der Waals surface area contributed by atoms with Gasteiger partial charge in [0.15, 0.2) is 0 Å². The molecule has 1 fully saturated rings. The van der Waals surface area contributed by atoms with E-state index in [1.54, 1.807) is 4.31 Å².